The number of aryl methyl sites for hydroxylation is 1. The topological polar surface area (TPSA) is 76.4 Å². The van der Waals surface area contributed by atoms with Gasteiger partial charge in [0, 0.05) is 17.5 Å². The van der Waals surface area contributed by atoms with Gasteiger partial charge in [0.2, 0.25) is 0 Å². The third-order valence-electron chi connectivity index (χ3n) is 8.02. The van der Waals surface area contributed by atoms with Crippen molar-refractivity contribution in [2.24, 2.45) is 17.8 Å². The molecule has 7 rings (SSSR count). The van der Waals surface area contributed by atoms with Crippen LogP contribution < -0.4 is 10.3 Å². The minimum Gasteiger partial charge on any atom is -0.423 e. The van der Waals surface area contributed by atoms with Crippen LogP contribution in [0.4, 0.5) is 5.69 Å². The Bertz CT molecular complexity index is 1340. The summed E-state index contributed by atoms with van der Waals surface area (Å²) in [5, 5.41) is 0.785. The van der Waals surface area contributed by atoms with Gasteiger partial charge in [-0.25, -0.2) is 13.2 Å². The lowest BCUT2D eigenvalue weighted by Gasteiger charge is -2.57. The van der Waals surface area contributed by atoms with Crippen molar-refractivity contribution in [2.45, 2.75) is 55.8 Å². The summed E-state index contributed by atoms with van der Waals surface area (Å²) in [7, 11) is -3.74. The van der Waals surface area contributed by atoms with Gasteiger partial charge in [0.1, 0.15) is 5.58 Å². The molecular formula is C26H27NO4S. The smallest absolute Gasteiger partial charge is 0.336 e. The summed E-state index contributed by atoms with van der Waals surface area (Å²) >= 11 is 0. The monoisotopic (exact) mass is 449 g/mol. The summed E-state index contributed by atoms with van der Waals surface area (Å²) in [5.74, 6) is 2.55. The molecule has 32 heavy (non-hydrogen) atoms. The number of rotatable bonds is 4. The van der Waals surface area contributed by atoms with E-state index in [1.165, 1.54) is 50.2 Å². The van der Waals surface area contributed by atoms with E-state index in [-0.39, 0.29) is 10.3 Å². The van der Waals surface area contributed by atoms with E-state index in [0.717, 1.165) is 28.7 Å². The van der Waals surface area contributed by atoms with E-state index >= 15 is 0 Å². The second-order valence-electron chi connectivity index (χ2n) is 10.3. The lowest BCUT2D eigenvalue weighted by atomic mass is 9.48. The fourth-order valence-corrected chi connectivity index (χ4v) is 8.10. The first-order chi connectivity index (χ1) is 15.3. The highest BCUT2D eigenvalue weighted by molar-refractivity contribution is 7.92. The molecule has 6 heteroatoms. The first-order valence-electron chi connectivity index (χ1n) is 11.5. The molecule has 0 spiro atoms. The van der Waals surface area contributed by atoms with Gasteiger partial charge in [-0.15, -0.1) is 0 Å². The van der Waals surface area contributed by atoms with Crippen molar-refractivity contribution in [3.05, 3.63) is 70.1 Å². The first kappa shape index (κ1) is 20.0. The summed E-state index contributed by atoms with van der Waals surface area (Å²) in [6, 6.07) is 14.0. The largest absolute Gasteiger partial charge is 0.423 e. The zero-order valence-electron chi connectivity index (χ0n) is 18.1. The van der Waals surface area contributed by atoms with Crippen LogP contribution in [-0.2, 0) is 15.4 Å². The van der Waals surface area contributed by atoms with Crippen molar-refractivity contribution in [3.8, 4) is 0 Å². The quantitative estimate of drug-likeness (QED) is 0.543. The highest BCUT2D eigenvalue weighted by atomic mass is 32.2. The Morgan fingerprint density at radius 3 is 2.16 bits per heavy atom. The van der Waals surface area contributed by atoms with Gasteiger partial charge in [0.15, 0.2) is 0 Å². The molecule has 4 fully saturated rings. The molecule has 4 bridgehead atoms. The molecule has 0 aliphatic heterocycles. The molecule has 1 heterocycles. The average molecular weight is 450 g/mol. The van der Waals surface area contributed by atoms with Crippen LogP contribution in [0.1, 0.15) is 49.7 Å². The summed E-state index contributed by atoms with van der Waals surface area (Å²) in [4.78, 5) is 11.9. The Balaban J connectivity index is 1.27. The van der Waals surface area contributed by atoms with E-state index < -0.39 is 15.6 Å². The zero-order chi connectivity index (χ0) is 22.1. The summed E-state index contributed by atoms with van der Waals surface area (Å²) in [5.41, 5.74) is 2.64. The minimum atomic E-state index is -3.74. The number of hydrogen-bond acceptors (Lipinski definition) is 4. The van der Waals surface area contributed by atoms with Crippen LogP contribution in [0, 0.1) is 24.7 Å². The average Bonchev–Trinajstić information content (AvgIpc) is 2.72. The van der Waals surface area contributed by atoms with Crippen LogP contribution in [0.5, 0.6) is 0 Å². The summed E-state index contributed by atoms with van der Waals surface area (Å²) in [6.07, 6.45) is 7.93. The van der Waals surface area contributed by atoms with Crippen LogP contribution in [0.2, 0.25) is 0 Å². The van der Waals surface area contributed by atoms with Crippen molar-refractivity contribution in [1.29, 1.82) is 0 Å². The van der Waals surface area contributed by atoms with E-state index in [4.69, 9.17) is 4.42 Å². The van der Waals surface area contributed by atoms with Crippen LogP contribution in [0.15, 0.2) is 62.6 Å². The molecule has 2 aromatic carbocycles. The Hall–Kier alpha value is -2.60. The van der Waals surface area contributed by atoms with Crippen LogP contribution in [0.3, 0.4) is 0 Å². The standard InChI is InChI=1S/C26H27NO4S/c1-16-8-25(28)31-24-12-21(4-7-23(16)24)27-32(29,30)22-5-2-20(3-6-22)26-13-17-9-18(14-26)11-19(10-17)15-26/h2-8,12,17-19,27H,9-11,13-15H2,1H3. The molecule has 5 nitrogen and oxygen atoms in total. The van der Waals surface area contributed by atoms with Crippen molar-refractivity contribution < 1.29 is 12.8 Å². The van der Waals surface area contributed by atoms with Gasteiger partial charge in [-0.3, -0.25) is 4.72 Å². The molecule has 0 unspecified atom stereocenters. The second kappa shape index (κ2) is 6.95. The third-order valence-corrected chi connectivity index (χ3v) is 9.42. The van der Waals surface area contributed by atoms with Crippen LogP contribution in [-0.4, -0.2) is 8.42 Å². The Morgan fingerprint density at radius 1 is 0.906 bits per heavy atom. The highest BCUT2D eigenvalue weighted by Crippen LogP contribution is 2.60. The van der Waals surface area contributed by atoms with Crippen molar-refractivity contribution in [3.63, 3.8) is 0 Å². The van der Waals surface area contributed by atoms with Crippen molar-refractivity contribution >= 4 is 26.7 Å². The van der Waals surface area contributed by atoms with E-state index in [9.17, 15) is 13.2 Å². The molecule has 4 aliphatic rings. The molecule has 4 saturated carbocycles. The molecule has 0 atom stereocenters. The summed E-state index contributed by atoms with van der Waals surface area (Å²) in [6.45, 7) is 1.83. The van der Waals surface area contributed by atoms with Gasteiger partial charge in [-0.2, -0.15) is 0 Å². The van der Waals surface area contributed by atoms with Crippen molar-refractivity contribution in [1.82, 2.24) is 0 Å². The maximum absolute atomic E-state index is 13.0. The highest BCUT2D eigenvalue weighted by Gasteiger charge is 2.51. The van der Waals surface area contributed by atoms with Gasteiger partial charge in [-0.1, -0.05) is 12.1 Å². The number of anilines is 1. The fourth-order valence-electron chi connectivity index (χ4n) is 7.05. The van der Waals surface area contributed by atoms with E-state index in [2.05, 4.69) is 4.72 Å². The maximum atomic E-state index is 13.0. The molecule has 1 aromatic heterocycles. The summed E-state index contributed by atoms with van der Waals surface area (Å²) < 4.78 is 33.9. The molecule has 0 saturated heterocycles. The number of sulfonamides is 1. The van der Waals surface area contributed by atoms with E-state index in [1.807, 2.05) is 19.1 Å². The van der Waals surface area contributed by atoms with Gasteiger partial charge < -0.3 is 4.42 Å². The maximum Gasteiger partial charge on any atom is 0.336 e. The molecule has 1 N–H and O–H groups in total. The lowest BCUT2D eigenvalue weighted by Crippen LogP contribution is -2.48. The van der Waals surface area contributed by atoms with Crippen LogP contribution in [0.25, 0.3) is 11.0 Å². The molecular weight excluding hydrogens is 422 g/mol. The van der Waals surface area contributed by atoms with Gasteiger partial charge in [0.25, 0.3) is 10.0 Å². The van der Waals surface area contributed by atoms with Gasteiger partial charge in [-0.05, 0) is 104 Å². The molecule has 166 valence electrons. The molecule has 4 aliphatic carbocycles. The lowest BCUT2D eigenvalue weighted by molar-refractivity contribution is -0.00521. The normalized spacial score (nSPS) is 28.8. The zero-order valence-corrected chi connectivity index (χ0v) is 19.0. The SMILES string of the molecule is Cc1cc(=O)oc2cc(NS(=O)(=O)c3ccc(C45CC6CC(CC(C6)C4)C5)cc3)ccc12. The number of nitrogens with one attached hydrogen (secondary N) is 1. The van der Waals surface area contributed by atoms with Gasteiger partial charge >= 0.3 is 5.63 Å². The Morgan fingerprint density at radius 2 is 1.53 bits per heavy atom. The second-order valence-corrected chi connectivity index (χ2v) is 12.0. The van der Waals surface area contributed by atoms with Crippen molar-refractivity contribution in [2.75, 3.05) is 4.72 Å². The predicted molar refractivity (Wildman–Crippen MR) is 124 cm³/mol. The Kier molecular flexibility index (Phi) is 4.35. The molecule has 0 amide bonds. The van der Waals surface area contributed by atoms with E-state index in [1.54, 1.807) is 30.3 Å². The number of benzene rings is 2. The first-order valence-corrected chi connectivity index (χ1v) is 13.0. The fraction of sp³-hybridized carbons (Fsp3) is 0.423. The molecule has 0 radical (unpaired) electrons. The predicted octanol–water partition coefficient (Wildman–Crippen LogP) is 5.37. The van der Waals surface area contributed by atoms with Crippen LogP contribution >= 0.6 is 0 Å². The van der Waals surface area contributed by atoms with Gasteiger partial charge in [0.05, 0.1) is 10.6 Å². The Labute approximate surface area is 187 Å². The third kappa shape index (κ3) is 3.27. The number of hydrogen-bond donors (Lipinski definition) is 1. The van der Waals surface area contributed by atoms with E-state index in [0.29, 0.717) is 11.3 Å². The number of fused-ring (bicyclic) bond motifs is 1. The molecule has 3 aromatic rings. The minimum absolute atomic E-state index is 0.247.